The van der Waals surface area contributed by atoms with E-state index in [2.05, 4.69) is 5.32 Å². The van der Waals surface area contributed by atoms with E-state index in [0.29, 0.717) is 10.8 Å². The summed E-state index contributed by atoms with van der Waals surface area (Å²) in [5.74, 6) is 1.13. The minimum absolute atomic E-state index is 0.00690. The Labute approximate surface area is 120 Å². The molecule has 0 saturated heterocycles. The monoisotopic (exact) mass is 293 g/mol. The summed E-state index contributed by atoms with van der Waals surface area (Å²) in [6.45, 7) is 0. The van der Waals surface area contributed by atoms with Crippen molar-refractivity contribution in [3.63, 3.8) is 0 Å². The highest BCUT2D eigenvalue weighted by Gasteiger charge is 2.23. The molecule has 1 amide bonds. The summed E-state index contributed by atoms with van der Waals surface area (Å²) >= 11 is 7.83. The molecule has 5 heteroatoms. The summed E-state index contributed by atoms with van der Waals surface area (Å²) in [5.41, 5.74) is 1.09. The number of thioether (sulfide) groups is 1. The lowest BCUT2D eigenvalue weighted by atomic mass is 10.0. The van der Waals surface area contributed by atoms with E-state index in [1.165, 1.54) is 11.2 Å². The van der Waals surface area contributed by atoms with E-state index in [0.717, 1.165) is 17.7 Å². The molecule has 1 aliphatic rings. The topological polar surface area (TPSA) is 42.2 Å². The zero-order chi connectivity index (χ0) is 13.2. The molecule has 1 aliphatic heterocycles. The maximum Gasteiger partial charge on any atom is 0.287 e. The first-order valence-corrected chi connectivity index (χ1v) is 7.37. The largest absolute Gasteiger partial charge is 0.459 e. The van der Waals surface area contributed by atoms with Crippen molar-refractivity contribution in [2.24, 2.45) is 0 Å². The summed E-state index contributed by atoms with van der Waals surface area (Å²) in [6, 6.07) is 9.17. The van der Waals surface area contributed by atoms with Crippen LogP contribution < -0.4 is 5.32 Å². The number of rotatable bonds is 2. The molecule has 0 aliphatic carbocycles. The average molecular weight is 294 g/mol. The maximum absolute atomic E-state index is 12.0. The minimum Gasteiger partial charge on any atom is -0.459 e. The highest BCUT2D eigenvalue weighted by Crippen LogP contribution is 2.37. The maximum atomic E-state index is 12.0. The fourth-order valence-electron chi connectivity index (χ4n) is 2.15. The van der Waals surface area contributed by atoms with Gasteiger partial charge in [-0.1, -0.05) is 11.6 Å². The second-order valence-electron chi connectivity index (χ2n) is 4.32. The Morgan fingerprint density at radius 2 is 2.32 bits per heavy atom. The molecule has 2 aromatic rings. The number of amides is 1. The summed E-state index contributed by atoms with van der Waals surface area (Å²) in [6.07, 6.45) is 2.39. The van der Waals surface area contributed by atoms with Gasteiger partial charge < -0.3 is 9.73 Å². The van der Waals surface area contributed by atoms with Crippen LogP contribution in [0.5, 0.6) is 0 Å². The molecule has 0 radical (unpaired) electrons. The third-order valence-electron chi connectivity index (χ3n) is 3.06. The van der Waals surface area contributed by atoms with Gasteiger partial charge in [-0.25, -0.2) is 0 Å². The van der Waals surface area contributed by atoms with Crippen LogP contribution in [0, 0.1) is 0 Å². The van der Waals surface area contributed by atoms with Gasteiger partial charge in [0.2, 0.25) is 0 Å². The number of carbonyl (C=O) groups is 1. The van der Waals surface area contributed by atoms with Crippen LogP contribution in [0.2, 0.25) is 5.02 Å². The Balaban J connectivity index is 1.84. The summed E-state index contributed by atoms with van der Waals surface area (Å²) in [7, 11) is 0. The fraction of sp³-hybridized carbons (Fsp3) is 0.214. The Kier molecular flexibility index (Phi) is 3.53. The summed E-state index contributed by atoms with van der Waals surface area (Å²) < 4.78 is 5.11. The number of hydrogen-bond donors (Lipinski definition) is 1. The Morgan fingerprint density at radius 1 is 1.42 bits per heavy atom. The molecule has 2 heterocycles. The Morgan fingerprint density at radius 3 is 3.11 bits per heavy atom. The predicted molar refractivity (Wildman–Crippen MR) is 75.7 cm³/mol. The molecule has 0 fully saturated rings. The molecule has 19 heavy (non-hydrogen) atoms. The average Bonchev–Trinajstić information content (AvgIpc) is 2.93. The first kappa shape index (κ1) is 12.6. The smallest absolute Gasteiger partial charge is 0.287 e. The van der Waals surface area contributed by atoms with E-state index < -0.39 is 0 Å². The van der Waals surface area contributed by atoms with Crippen molar-refractivity contribution in [1.82, 2.24) is 5.32 Å². The van der Waals surface area contributed by atoms with Crippen molar-refractivity contribution in [2.75, 3.05) is 5.75 Å². The highest BCUT2D eigenvalue weighted by molar-refractivity contribution is 7.99. The third-order valence-corrected chi connectivity index (χ3v) is 4.42. The SMILES string of the molecule is O=C(N[C@@H]1CCSc2ccc(Cl)cc21)c1ccco1. The number of fused-ring (bicyclic) bond motifs is 1. The van der Waals surface area contributed by atoms with Crippen molar-refractivity contribution < 1.29 is 9.21 Å². The number of halogens is 1. The normalized spacial score (nSPS) is 17.8. The molecule has 0 bridgehead atoms. The molecule has 3 nitrogen and oxygen atoms in total. The van der Waals surface area contributed by atoms with Crippen LogP contribution in [-0.4, -0.2) is 11.7 Å². The lowest BCUT2D eigenvalue weighted by Gasteiger charge is -2.25. The molecule has 98 valence electrons. The quantitative estimate of drug-likeness (QED) is 0.913. The van der Waals surface area contributed by atoms with Gasteiger partial charge in [0.1, 0.15) is 0 Å². The van der Waals surface area contributed by atoms with E-state index in [4.69, 9.17) is 16.0 Å². The number of furan rings is 1. The van der Waals surface area contributed by atoms with Crippen LogP contribution in [0.4, 0.5) is 0 Å². The summed E-state index contributed by atoms with van der Waals surface area (Å²) in [5, 5.41) is 3.69. The van der Waals surface area contributed by atoms with Crippen LogP contribution >= 0.6 is 23.4 Å². The molecule has 1 aromatic heterocycles. The second-order valence-corrected chi connectivity index (χ2v) is 5.90. The standard InChI is InChI=1S/C14H12ClNO2S/c15-9-3-4-13-10(8-9)11(5-7-19-13)16-14(17)12-2-1-6-18-12/h1-4,6,8,11H,5,7H2,(H,16,17)/t11-/m1/s1. The summed E-state index contributed by atoms with van der Waals surface area (Å²) in [4.78, 5) is 13.2. The van der Waals surface area contributed by atoms with E-state index in [1.54, 1.807) is 23.9 Å². The van der Waals surface area contributed by atoms with Crippen molar-refractivity contribution >= 4 is 29.3 Å². The van der Waals surface area contributed by atoms with Crippen molar-refractivity contribution in [3.8, 4) is 0 Å². The third kappa shape index (κ3) is 2.65. The highest BCUT2D eigenvalue weighted by atomic mass is 35.5. The van der Waals surface area contributed by atoms with Gasteiger partial charge >= 0.3 is 0 Å². The van der Waals surface area contributed by atoms with Crippen LogP contribution in [-0.2, 0) is 0 Å². The molecule has 0 spiro atoms. The van der Waals surface area contributed by atoms with Gasteiger partial charge in [-0.3, -0.25) is 4.79 Å². The van der Waals surface area contributed by atoms with E-state index in [1.807, 2.05) is 18.2 Å². The van der Waals surface area contributed by atoms with Gasteiger partial charge in [0.25, 0.3) is 5.91 Å². The van der Waals surface area contributed by atoms with Crippen molar-refractivity contribution in [3.05, 3.63) is 52.9 Å². The van der Waals surface area contributed by atoms with Crippen LogP contribution in [0.1, 0.15) is 28.6 Å². The number of carbonyl (C=O) groups excluding carboxylic acids is 1. The molecule has 1 aromatic carbocycles. The van der Waals surface area contributed by atoms with E-state index in [-0.39, 0.29) is 11.9 Å². The minimum atomic E-state index is -0.187. The predicted octanol–water partition coefficient (Wildman–Crippen LogP) is 3.90. The first-order chi connectivity index (χ1) is 9.24. The molecule has 0 unspecified atom stereocenters. The van der Waals surface area contributed by atoms with Gasteiger partial charge in [0.05, 0.1) is 12.3 Å². The van der Waals surface area contributed by atoms with Gasteiger partial charge in [0.15, 0.2) is 5.76 Å². The van der Waals surface area contributed by atoms with Crippen LogP contribution in [0.3, 0.4) is 0 Å². The lowest BCUT2D eigenvalue weighted by Crippen LogP contribution is -2.30. The number of nitrogens with one attached hydrogen (secondary N) is 1. The molecule has 1 N–H and O–H groups in total. The second kappa shape index (κ2) is 5.31. The van der Waals surface area contributed by atoms with Gasteiger partial charge in [-0.2, -0.15) is 0 Å². The molecular formula is C14H12ClNO2S. The zero-order valence-electron chi connectivity index (χ0n) is 10.1. The fourth-order valence-corrected chi connectivity index (χ4v) is 3.44. The number of hydrogen-bond acceptors (Lipinski definition) is 3. The zero-order valence-corrected chi connectivity index (χ0v) is 11.6. The Bertz CT molecular complexity index is 597. The van der Waals surface area contributed by atoms with E-state index in [9.17, 15) is 4.79 Å². The first-order valence-electron chi connectivity index (χ1n) is 6.00. The molecule has 0 saturated carbocycles. The van der Waals surface area contributed by atoms with Crippen molar-refractivity contribution in [2.45, 2.75) is 17.4 Å². The van der Waals surface area contributed by atoms with Crippen LogP contribution in [0.25, 0.3) is 0 Å². The molecule has 1 atom stereocenters. The van der Waals surface area contributed by atoms with Crippen LogP contribution in [0.15, 0.2) is 45.9 Å². The van der Waals surface area contributed by atoms with Crippen molar-refractivity contribution in [1.29, 1.82) is 0 Å². The molecular weight excluding hydrogens is 282 g/mol. The Hall–Kier alpha value is -1.39. The van der Waals surface area contributed by atoms with Gasteiger partial charge in [-0.05, 0) is 42.3 Å². The number of benzene rings is 1. The van der Waals surface area contributed by atoms with Gasteiger partial charge in [-0.15, -0.1) is 11.8 Å². The van der Waals surface area contributed by atoms with E-state index >= 15 is 0 Å². The van der Waals surface area contributed by atoms with Gasteiger partial charge in [0, 0.05) is 15.7 Å². The lowest BCUT2D eigenvalue weighted by molar-refractivity contribution is 0.0907. The molecule has 3 rings (SSSR count).